The highest BCUT2D eigenvalue weighted by Gasteiger charge is 1.99. The van der Waals surface area contributed by atoms with Crippen LogP contribution in [0.5, 0.6) is 0 Å². The van der Waals surface area contributed by atoms with Crippen LogP contribution in [-0.2, 0) is 6.54 Å². The first-order valence-corrected chi connectivity index (χ1v) is 5.59. The molecule has 2 heteroatoms. The third-order valence-corrected chi connectivity index (χ3v) is 2.36. The van der Waals surface area contributed by atoms with Crippen LogP contribution in [0.25, 0.3) is 0 Å². The maximum atomic E-state index is 5.28. The number of hydrogen-bond donors (Lipinski definition) is 0. The Morgan fingerprint density at radius 3 is 2.65 bits per heavy atom. The van der Waals surface area contributed by atoms with E-state index in [1.165, 1.54) is 0 Å². The predicted molar refractivity (Wildman–Crippen MR) is 68.4 cm³/mol. The average molecular weight is 225 g/mol. The molecular formula is C15H15NO. The third-order valence-electron chi connectivity index (χ3n) is 2.36. The molecule has 2 nitrogen and oxygen atoms in total. The summed E-state index contributed by atoms with van der Waals surface area (Å²) in [5, 5.41) is 0. The molecule has 0 saturated carbocycles. The van der Waals surface area contributed by atoms with Gasteiger partial charge >= 0.3 is 0 Å². The van der Waals surface area contributed by atoms with E-state index in [0.717, 1.165) is 24.4 Å². The van der Waals surface area contributed by atoms with E-state index < -0.39 is 0 Å². The van der Waals surface area contributed by atoms with Crippen LogP contribution >= 0.6 is 0 Å². The number of nitrogens with zero attached hydrogens (tertiary/aromatic N) is 1. The van der Waals surface area contributed by atoms with Crippen molar-refractivity contribution >= 4 is 0 Å². The molecular weight excluding hydrogens is 210 g/mol. The Kier molecular flexibility index (Phi) is 4.01. The zero-order chi connectivity index (χ0) is 11.9. The molecule has 0 aliphatic carbocycles. The Balaban J connectivity index is 1.84. The molecule has 0 saturated heterocycles. The van der Waals surface area contributed by atoms with Crippen LogP contribution in [0.2, 0.25) is 0 Å². The van der Waals surface area contributed by atoms with Crippen LogP contribution < -0.4 is 0 Å². The van der Waals surface area contributed by atoms with Gasteiger partial charge in [-0.15, -0.1) is 0 Å². The molecule has 0 fully saturated rings. The molecule has 1 heterocycles. The maximum absolute atomic E-state index is 5.28. The Labute approximate surface area is 102 Å². The van der Waals surface area contributed by atoms with Gasteiger partial charge < -0.3 is 4.42 Å². The Morgan fingerprint density at radius 1 is 1.12 bits per heavy atom. The second-order valence-electron chi connectivity index (χ2n) is 3.92. The fraction of sp³-hybridized carbons (Fsp3) is 0.200. The van der Waals surface area contributed by atoms with Crippen molar-refractivity contribution in [2.24, 2.45) is 0 Å². The zero-order valence-electron chi connectivity index (χ0n) is 9.89. The van der Waals surface area contributed by atoms with Gasteiger partial charge in [0.15, 0.2) is 0 Å². The van der Waals surface area contributed by atoms with Gasteiger partial charge in [0.2, 0.25) is 0 Å². The lowest BCUT2D eigenvalue weighted by Crippen LogP contribution is -2.17. The third kappa shape index (κ3) is 3.82. The van der Waals surface area contributed by atoms with Crippen molar-refractivity contribution in [1.82, 2.24) is 4.90 Å². The van der Waals surface area contributed by atoms with Crippen molar-refractivity contribution in [3.8, 4) is 11.8 Å². The van der Waals surface area contributed by atoms with E-state index in [2.05, 4.69) is 16.7 Å². The highest BCUT2D eigenvalue weighted by Crippen LogP contribution is 2.02. The first-order chi connectivity index (χ1) is 8.34. The molecule has 0 amide bonds. The van der Waals surface area contributed by atoms with Gasteiger partial charge in [0.1, 0.15) is 5.76 Å². The summed E-state index contributed by atoms with van der Waals surface area (Å²) >= 11 is 0. The van der Waals surface area contributed by atoms with E-state index in [-0.39, 0.29) is 0 Å². The van der Waals surface area contributed by atoms with E-state index in [1.54, 1.807) is 6.26 Å². The maximum Gasteiger partial charge on any atom is 0.117 e. The fourth-order valence-electron chi connectivity index (χ4n) is 1.52. The SMILES string of the molecule is CN(CC#Cc1ccccc1)Cc1ccco1. The molecule has 0 N–H and O–H groups in total. The lowest BCUT2D eigenvalue weighted by atomic mass is 10.2. The minimum Gasteiger partial charge on any atom is -0.468 e. The van der Waals surface area contributed by atoms with E-state index in [4.69, 9.17) is 4.42 Å². The molecule has 0 spiro atoms. The number of rotatable bonds is 3. The molecule has 0 aliphatic rings. The summed E-state index contributed by atoms with van der Waals surface area (Å²) in [5.41, 5.74) is 1.05. The molecule has 2 rings (SSSR count). The highest BCUT2D eigenvalue weighted by molar-refractivity contribution is 5.33. The fourth-order valence-corrected chi connectivity index (χ4v) is 1.52. The van der Waals surface area contributed by atoms with Crippen LogP contribution in [0.1, 0.15) is 11.3 Å². The van der Waals surface area contributed by atoms with Gasteiger partial charge in [-0.3, -0.25) is 4.90 Å². The minimum atomic E-state index is 0.732. The first-order valence-electron chi connectivity index (χ1n) is 5.59. The van der Waals surface area contributed by atoms with Gasteiger partial charge in [0.05, 0.1) is 19.4 Å². The topological polar surface area (TPSA) is 16.4 Å². The summed E-state index contributed by atoms with van der Waals surface area (Å²) in [6, 6.07) is 13.9. The first kappa shape index (κ1) is 11.5. The summed E-state index contributed by atoms with van der Waals surface area (Å²) in [7, 11) is 2.03. The summed E-state index contributed by atoms with van der Waals surface area (Å²) in [5.74, 6) is 7.25. The molecule has 0 bridgehead atoms. The number of furan rings is 1. The molecule has 17 heavy (non-hydrogen) atoms. The summed E-state index contributed by atoms with van der Waals surface area (Å²) < 4.78 is 5.28. The van der Waals surface area contributed by atoms with Gasteiger partial charge in [0.25, 0.3) is 0 Å². The smallest absolute Gasteiger partial charge is 0.117 e. The molecule has 0 aliphatic heterocycles. The number of benzene rings is 1. The Morgan fingerprint density at radius 2 is 1.94 bits per heavy atom. The molecule has 0 unspecified atom stereocenters. The van der Waals surface area contributed by atoms with Gasteiger partial charge in [-0.05, 0) is 31.3 Å². The average Bonchev–Trinajstić information content (AvgIpc) is 2.83. The molecule has 1 aromatic carbocycles. The lowest BCUT2D eigenvalue weighted by molar-refractivity contribution is 0.326. The molecule has 2 aromatic rings. The van der Waals surface area contributed by atoms with Crippen LogP contribution in [0.3, 0.4) is 0 Å². The monoisotopic (exact) mass is 225 g/mol. The van der Waals surface area contributed by atoms with Crippen molar-refractivity contribution in [3.63, 3.8) is 0 Å². The van der Waals surface area contributed by atoms with Crippen molar-refractivity contribution in [2.45, 2.75) is 6.54 Å². The summed E-state index contributed by atoms with van der Waals surface area (Å²) in [6.45, 7) is 1.52. The standard InChI is InChI=1S/C15H15NO/c1-16(13-15-10-6-12-17-15)11-5-9-14-7-3-2-4-8-14/h2-4,6-8,10,12H,11,13H2,1H3. The Bertz CT molecular complexity index is 491. The van der Waals surface area contributed by atoms with Gasteiger partial charge in [-0.2, -0.15) is 0 Å². The van der Waals surface area contributed by atoms with Crippen LogP contribution in [-0.4, -0.2) is 18.5 Å². The quantitative estimate of drug-likeness (QED) is 0.747. The Hall–Kier alpha value is -1.98. The molecule has 0 radical (unpaired) electrons. The van der Waals surface area contributed by atoms with E-state index in [0.29, 0.717) is 0 Å². The van der Waals surface area contributed by atoms with Crippen molar-refractivity contribution in [3.05, 3.63) is 60.1 Å². The molecule has 1 aromatic heterocycles. The zero-order valence-corrected chi connectivity index (χ0v) is 9.89. The molecule has 0 atom stereocenters. The van der Waals surface area contributed by atoms with Crippen molar-refractivity contribution in [2.75, 3.05) is 13.6 Å². The van der Waals surface area contributed by atoms with E-state index in [1.807, 2.05) is 49.5 Å². The largest absolute Gasteiger partial charge is 0.468 e. The minimum absolute atomic E-state index is 0.732. The predicted octanol–water partition coefficient (Wildman–Crippen LogP) is 2.76. The highest BCUT2D eigenvalue weighted by atomic mass is 16.3. The van der Waals surface area contributed by atoms with Crippen LogP contribution in [0.15, 0.2) is 53.1 Å². The lowest BCUT2D eigenvalue weighted by Gasteiger charge is -2.10. The van der Waals surface area contributed by atoms with Gasteiger partial charge in [0, 0.05) is 5.56 Å². The van der Waals surface area contributed by atoms with Crippen molar-refractivity contribution < 1.29 is 4.42 Å². The van der Waals surface area contributed by atoms with Crippen LogP contribution in [0, 0.1) is 11.8 Å². The second-order valence-corrected chi connectivity index (χ2v) is 3.92. The summed E-state index contributed by atoms with van der Waals surface area (Å²) in [6.07, 6.45) is 1.69. The number of hydrogen-bond acceptors (Lipinski definition) is 2. The summed E-state index contributed by atoms with van der Waals surface area (Å²) in [4.78, 5) is 2.12. The van der Waals surface area contributed by atoms with E-state index in [9.17, 15) is 0 Å². The second kappa shape index (κ2) is 5.93. The van der Waals surface area contributed by atoms with Gasteiger partial charge in [-0.25, -0.2) is 0 Å². The van der Waals surface area contributed by atoms with E-state index >= 15 is 0 Å². The van der Waals surface area contributed by atoms with Crippen LogP contribution in [0.4, 0.5) is 0 Å². The van der Waals surface area contributed by atoms with Crippen molar-refractivity contribution in [1.29, 1.82) is 0 Å². The molecule has 86 valence electrons. The van der Waals surface area contributed by atoms with Gasteiger partial charge in [-0.1, -0.05) is 30.0 Å². The normalized spacial score (nSPS) is 10.0.